The first kappa shape index (κ1) is 19.2. The average Bonchev–Trinajstić information content (AvgIpc) is 3.33. The first-order valence-electron chi connectivity index (χ1n) is 9.75. The van der Waals surface area contributed by atoms with Crippen molar-refractivity contribution in [2.45, 2.75) is 38.7 Å². The van der Waals surface area contributed by atoms with Crippen LogP contribution in [0.4, 0.5) is 0 Å². The van der Waals surface area contributed by atoms with Crippen molar-refractivity contribution in [3.05, 3.63) is 59.5 Å². The third-order valence-electron chi connectivity index (χ3n) is 5.32. The van der Waals surface area contributed by atoms with Crippen LogP contribution in [0, 0.1) is 6.92 Å². The highest BCUT2D eigenvalue weighted by atomic mass is 16.5. The van der Waals surface area contributed by atoms with Gasteiger partial charge in [-0.1, -0.05) is 30.3 Å². The summed E-state index contributed by atoms with van der Waals surface area (Å²) in [6.07, 6.45) is 1.77. The van der Waals surface area contributed by atoms with Gasteiger partial charge in [-0.05, 0) is 38.0 Å². The van der Waals surface area contributed by atoms with Crippen LogP contribution < -0.4 is 4.74 Å². The lowest BCUT2D eigenvalue weighted by molar-refractivity contribution is 0.0631. The SMILES string of the molecule is Cc1cc(C(=O)N2CCCC(C)(c3noc(COc4ccccc4)n3)C2)n(C)n1. The standard InChI is InChI=1S/C21H25N5O3/c1-15-12-17(25(3)23-15)19(27)26-11-7-10-21(2,14-26)20-22-18(29-24-20)13-28-16-8-5-4-6-9-16/h4-6,8-9,12H,7,10-11,13-14H2,1-3H3. The zero-order valence-electron chi connectivity index (χ0n) is 17.0. The predicted octanol–water partition coefficient (Wildman–Crippen LogP) is 2.88. The van der Waals surface area contributed by atoms with Crippen LogP contribution >= 0.6 is 0 Å². The third-order valence-corrected chi connectivity index (χ3v) is 5.32. The summed E-state index contributed by atoms with van der Waals surface area (Å²) in [5, 5.41) is 8.48. The van der Waals surface area contributed by atoms with E-state index in [1.54, 1.807) is 11.7 Å². The van der Waals surface area contributed by atoms with Gasteiger partial charge in [0.1, 0.15) is 11.4 Å². The molecule has 3 aromatic rings. The minimum atomic E-state index is -0.365. The predicted molar refractivity (Wildman–Crippen MR) is 106 cm³/mol. The fourth-order valence-electron chi connectivity index (χ4n) is 3.79. The van der Waals surface area contributed by atoms with E-state index < -0.39 is 0 Å². The number of nitrogens with zero attached hydrogens (tertiary/aromatic N) is 5. The van der Waals surface area contributed by atoms with Gasteiger partial charge in [-0.15, -0.1) is 0 Å². The summed E-state index contributed by atoms with van der Waals surface area (Å²) in [4.78, 5) is 19.4. The van der Waals surface area contributed by atoms with Crippen LogP contribution in [-0.2, 0) is 19.1 Å². The molecule has 1 saturated heterocycles. The molecule has 152 valence electrons. The van der Waals surface area contributed by atoms with E-state index in [0.717, 1.165) is 24.3 Å². The van der Waals surface area contributed by atoms with Gasteiger partial charge in [0.25, 0.3) is 11.8 Å². The Labute approximate surface area is 169 Å². The second kappa shape index (κ2) is 7.69. The minimum absolute atomic E-state index is 0.0184. The van der Waals surface area contributed by atoms with Crippen LogP contribution in [0.15, 0.2) is 40.9 Å². The Balaban J connectivity index is 1.46. The van der Waals surface area contributed by atoms with Crippen molar-refractivity contribution in [1.82, 2.24) is 24.8 Å². The molecule has 8 nitrogen and oxygen atoms in total. The Morgan fingerprint density at radius 3 is 2.83 bits per heavy atom. The molecule has 2 aromatic heterocycles. The normalized spacial score (nSPS) is 19.3. The summed E-state index contributed by atoms with van der Waals surface area (Å²) in [5.41, 5.74) is 1.06. The molecule has 1 amide bonds. The van der Waals surface area contributed by atoms with Crippen molar-refractivity contribution in [2.24, 2.45) is 7.05 Å². The molecule has 1 aliphatic heterocycles. The Bertz CT molecular complexity index is 997. The topological polar surface area (TPSA) is 86.3 Å². The van der Waals surface area contributed by atoms with Crippen molar-refractivity contribution in [3.63, 3.8) is 0 Å². The average molecular weight is 395 g/mol. The third kappa shape index (κ3) is 4.01. The van der Waals surface area contributed by atoms with E-state index in [9.17, 15) is 4.79 Å². The van der Waals surface area contributed by atoms with Gasteiger partial charge >= 0.3 is 0 Å². The van der Waals surface area contributed by atoms with E-state index >= 15 is 0 Å². The molecule has 29 heavy (non-hydrogen) atoms. The highest BCUT2D eigenvalue weighted by molar-refractivity contribution is 5.92. The van der Waals surface area contributed by atoms with Crippen molar-refractivity contribution < 1.29 is 14.1 Å². The maximum Gasteiger partial charge on any atom is 0.272 e. The number of para-hydroxylation sites is 1. The van der Waals surface area contributed by atoms with E-state index in [1.807, 2.05) is 48.2 Å². The summed E-state index contributed by atoms with van der Waals surface area (Å²) < 4.78 is 12.7. The molecule has 1 atom stereocenters. The number of likely N-dealkylation sites (tertiary alicyclic amines) is 1. The number of aromatic nitrogens is 4. The van der Waals surface area contributed by atoms with Crippen LogP contribution in [0.5, 0.6) is 5.75 Å². The van der Waals surface area contributed by atoms with Gasteiger partial charge in [0.15, 0.2) is 12.4 Å². The smallest absolute Gasteiger partial charge is 0.272 e. The molecule has 0 bridgehead atoms. The second-order valence-corrected chi connectivity index (χ2v) is 7.80. The quantitative estimate of drug-likeness (QED) is 0.660. The zero-order valence-corrected chi connectivity index (χ0v) is 17.0. The fraction of sp³-hybridized carbons (Fsp3) is 0.429. The maximum absolute atomic E-state index is 13.0. The number of aryl methyl sites for hydroxylation is 2. The maximum atomic E-state index is 13.0. The Hall–Kier alpha value is -3.16. The van der Waals surface area contributed by atoms with Gasteiger partial charge in [-0.2, -0.15) is 10.1 Å². The van der Waals surface area contributed by atoms with Crippen LogP contribution in [0.2, 0.25) is 0 Å². The molecule has 0 radical (unpaired) electrons. The molecule has 1 unspecified atom stereocenters. The Morgan fingerprint density at radius 2 is 2.10 bits per heavy atom. The highest BCUT2D eigenvalue weighted by Gasteiger charge is 2.39. The molecule has 4 rings (SSSR count). The zero-order chi connectivity index (χ0) is 20.4. The summed E-state index contributed by atoms with van der Waals surface area (Å²) in [7, 11) is 1.79. The first-order valence-corrected chi connectivity index (χ1v) is 9.75. The van der Waals surface area contributed by atoms with E-state index in [1.165, 1.54) is 0 Å². The lowest BCUT2D eigenvalue weighted by Crippen LogP contribution is -2.48. The van der Waals surface area contributed by atoms with E-state index in [2.05, 4.69) is 22.2 Å². The number of benzene rings is 1. The van der Waals surface area contributed by atoms with Crippen LogP contribution in [0.25, 0.3) is 0 Å². The number of carbonyl (C=O) groups is 1. The number of amides is 1. The number of hydrogen-bond acceptors (Lipinski definition) is 6. The molecular weight excluding hydrogens is 370 g/mol. The van der Waals surface area contributed by atoms with Crippen molar-refractivity contribution in [1.29, 1.82) is 0 Å². The van der Waals surface area contributed by atoms with Crippen molar-refractivity contribution in [3.8, 4) is 5.75 Å². The molecule has 1 fully saturated rings. The molecule has 0 N–H and O–H groups in total. The molecule has 0 spiro atoms. The summed E-state index contributed by atoms with van der Waals surface area (Å²) in [5.74, 6) is 1.77. The number of piperidine rings is 1. The van der Waals surface area contributed by atoms with E-state index in [4.69, 9.17) is 9.26 Å². The number of ether oxygens (including phenoxy) is 1. The van der Waals surface area contributed by atoms with Gasteiger partial charge in [0.2, 0.25) is 0 Å². The highest BCUT2D eigenvalue weighted by Crippen LogP contribution is 2.32. The van der Waals surface area contributed by atoms with E-state index in [0.29, 0.717) is 30.5 Å². The fourth-order valence-corrected chi connectivity index (χ4v) is 3.79. The molecule has 0 saturated carbocycles. The molecule has 8 heteroatoms. The summed E-state index contributed by atoms with van der Waals surface area (Å²) in [6.45, 7) is 5.42. The number of hydrogen-bond donors (Lipinski definition) is 0. The number of rotatable bonds is 5. The van der Waals surface area contributed by atoms with Gasteiger partial charge < -0.3 is 14.2 Å². The molecule has 1 aliphatic rings. The molecule has 0 aliphatic carbocycles. The lowest BCUT2D eigenvalue weighted by Gasteiger charge is -2.38. The largest absolute Gasteiger partial charge is 0.484 e. The summed E-state index contributed by atoms with van der Waals surface area (Å²) >= 11 is 0. The summed E-state index contributed by atoms with van der Waals surface area (Å²) in [6, 6.07) is 11.3. The molecule has 3 heterocycles. The molecule has 1 aromatic carbocycles. The first-order chi connectivity index (χ1) is 13.9. The number of carbonyl (C=O) groups excluding carboxylic acids is 1. The van der Waals surface area contributed by atoms with Gasteiger partial charge in [0, 0.05) is 25.6 Å². The van der Waals surface area contributed by atoms with Crippen LogP contribution in [-0.4, -0.2) is 43.8 Å². The van der Waals surface area contributed by atoms with Gasteiger partial charge in [-0.3, -0.25) is 9.48 Å². The monoisotopic (exact) mass is 395 g/mol. The van der Waals surface area contributed by atoms with Crippen molar-refractivity contribution >= 4 is 5.91 Å². The second-order valence-electron chi connectivity index (χ2n) is 7.80. The van der Waals surface area contributed by atoms with Crippen LogP contribution in [0.3, 0.4) is 0 Å². The van der Waals surface area contributed by atoms with Gasteiger partial charge in [0.05, 0.1) is 5.69 Å². The van der Waals surface area contributed by atoms with E-state index in [-0.39, 0.29) is 17.9 Å². The Kier molecular flexibility index (Phi) is 5.08. The van der Waals surface area contributed by atoms with Gasteiger partial charge in [-0.25, -0.2) is 0 Å². The van der Waals surface area contributed by atoms with Crippen LogP contribution in [0.1, 0.15) is 47.7 Å². The van der Waals surface area contributed by atoms with Crippen molar-refractivity contribution in [2.75, 3.05) is 13.1 Å². The minimum Gasteiger partial charge on any atom is -0.484 e. The molecular formula is C21H25N5O3. The lowest BCUT2D eigenvalue weighted by atomic mass is 9.81. The Morgan fingerprint density at radius 1 is 1.31 bits per heavy atom.